The summed E-state index contributed by atoms with van der Waals surface area (Å²) in [6, 6.07) is 0.512. The lowest BCUT2D eigenvalue weighted by Gasteiger charge is -2.23. The Balaban J connectivity index is 1.84. The van der Waals surface area contributed by atoms with Crippen molar-refractivity contribution >= 4 is 0 Å². The van der Waals surface area contributed by atoms with Crippen molar-refractivity contribution in [2.24, 2.45) is 7.05 Å². The molecule has 4 heteroatoms. The average Bonchev–Trinajstić information content (AvgIpc) is 2.56. The van der Waals surface area contributed by atoms with Crippen molar-refractivity contribution in [1.82, 2.24) is 15.1 Å². The van der Waals surface area contributed by atoms with Crippen LogP contribution >= 0.6 is 0 Å². The molecule has 4 nitrogen and oxygen atoms in total. The summed E-state index contributed by atoms with van der Waals surface area (Å²) in [6.07, 6.45) is 4.47. The van der Waals surface area contributed by atoms with Gasteiger partial charge in [-0.15, -0.1) is 0 Å². The van der Waals surface area contributed by atoms with Crippen LogP contribution in [0.15, 0.2) is 6.20 Å². The lowest BCUT2D eigenvalue weighted by molar-refractivity contribution is 0.0699. The van der Waals surface area contributed by atoms with Gasteiger partial charge >= 0.3 is 0 Å². The van der Waals surface area contributed by atoms with Crippen molar-refractivity contribution in [2.45, 2.75) is 32.4 Å². The van der Waals surface area contributed by atoms with Gasteiger partial charge in [0.15, 0.2) is 0 Å². The van der Waals surface area contributed by atoms with Crippen molar-refractivity contribution in [2.75, 3.05) is 13.2 Å². The third-order valence-electron chi connectivity index (χ3n) is 2.86. The van der Waals surface area contributed by atoms with E-state index in [-0.39, 0.29) is 0 Å². The summed E-state index contributed by atoms with van der Waals surface area (Å²) in [6.45, 7) is 4.71. The SMILES string of the molecule is Cc1nn(C)cc1CNC1CCCOC1. The molecule has 1 N–H and O–H groups in total. The molecule has 0 aromatic carbocycles. The topological polar surface area (TPSA) is 39.1 Å². The first-order valence-electron chi connectivity index (χ1n) is 5.56. The van der Waals surface area contributed by atoms with Crippen molar-refractivity contribution in [3.05, 3.63) is 17.5 Å². The molecule has 1 unspecified atom stereocenters. The Hall–Kier alpha value is -0.870. The fourth-order valence-corrected chi connectivity index (χ4v) is 1.98. The Morgan fingerprint density at radius 3 is 3.13 bits per heavy atom. The average molecular weight is 209 g/mol. The summed E-state index contributed by atoms with van der Waals surface area (Å²) in [5, 5.41) is 7.83. The number of hydrogen-bond acceptors (Lipinski definition) is 3. The number of nitrogens with one attached hydrogen (secondary N) is 1. The van der Waals surface area contributed by atoms with Crippen LogP contribution in [0.4, 0.5) is 0 Å². The number of ether oxygens (including phenoxy) is 1. The molecule has 1 aromatic rings. The second kappa shape index (κ2) is 4.77. The van der Waals surface area contributed by atoms with Crippen LogP contribution in [0.25, 0.3) is 0 Å². The van der Waals surface area contributed by atoms with Gasteiger partial charge in [-0.1, -0.05) is 0 Å². The van der Waals surface area contributed by atoms with Crippen LogP contribution in [0.1, 0.15) is 24.1 Å². The molecule has 1 aliphatic rings. The second-order valence-corrected chi connectivity index (χ2v) is 4.21. The molecule has 0 radical (unpaired) electrons. The summed E-state index contributed by atoms with van der Waals surface area (Å²) in [5.41, 5.74) is 2.39. The lowest BCUT2D eigenvalue weighted by atomic mass is 10.1. The summed E-state index contributed by atoms with van der Waals surface area (Å²) >= 11 is 0. The van der Waals surface area contributed by atoms with Gasteiger partial charge in [0.25, 0.3) is 0 Å². The van der Waals surface area contributed by atoms with Gasteiger partial charge in [0.1, 0.15) is 0 Å². The minimum atomic E-state index is 0.512. The van der Waals surface area contributed by atoms with Crippen molar-refractivity contribution < 1.29 is 4.74 Å². The first-order valence-corrected chi connectivity index (χ1v) is 5.56. The molecule has 1 aliphatic heterocycles. The molecule has 1 saturated heterocycles. The Labute approximate surface area is 90.6 Å². The number of rotatable bonds is 3. The highest BCUT2D eigenvalue weighted by atomic mass is 16.5. The summed E-state index contributed by atoms with van der Waals surface area (Å²) < 4.78 is 7.29. The number of hydrogen-bond donors (Lipinski definition) is 1. The van der Waals surface area contributed by atoms with E-state index in [2.05, 4.69) is 16.6 Å². The van der Waals surface area contributed by atoms with Crippen LogP contribution in [-0.4, -0.2) is 29.0 Å². The van der Waals surface area contributed by atoms with Crippen LogP contribution in [0, 0.1) is 6.92 Å². The van der Waals surface area contributed by atoms with Gasteiger partial charge in [0, 0.05) is 38.0 Å². The van der Waals surface area contributed by atoms with Crippen LogP contribution in [0.3, 0.4) is 0 Å². The van der Waals surface area contributed by atoms with Gasteiger partial charge in [-0.2, -0.15) is 5.10 Å². The van der Waals surface area contributed by atoms with E-state index in [4.69, 9.17) is 4.74 Å². The minimum Gasteiger partial charge on any atom is -0.380 e. The monoisotopic (exact) mass is 209 g/mol. The molecule has 1 aromatic heterocycles. The maximum absolute atomic E-state index is 5.42. The fourth-order valence-electron chi connectivity index (χ4n) is 1.98. The van der Waals surface area contributed by atoms with Crippen LogP contribution in [0.2, 0.25) is 0 Å². The Morgan fingerprint density at radius 2 is 2.53 bits per heavy atom. The molecular formula is C11H19N3O. The molecule has 2 rings (SSSR count). The van der Waals surface area contributed by atoms with Gasteiger partial charge < -0.3 is 10.1 Å². The van der Waals surface area contributed by atoms with E-state index in [0.717, 1.165) is 25.5 Å². The zero-order chi connectivity index (χ0) is 10.7. The number of nitrogens with zero attached hydrogens (tertiary/aromatic N) is 2. The van der Waals surface area contributed by atoms with Crippen molar-refractivity contribution in [1.29, 1.82) is 0 Å². The quantitative estimate of drug-likeness (QED) is 0.807. The molecule has 0 amide bonds. The fraction of sp³-hybridized carbons (Fsp3) is 0.727. The third-order valence-corrected chi connectivity index (χ3v) is 2.86. The molecule has 0 spiro atoms. The molecule has 0 saturated carbocycles. The Bertz CT molecular complexity index is 316. The first-order chi connectivity index (χ1) is 7.25. The van der Waals surface area contributed by atoms with Crippen LogP contribution < -0.4 is 5.32 Å². The smallest absolute Gasteiger partial charge is 0.0638 e. The van der Waals surface area contributed by atoms with E-state index in [9.17, 15) is 0 Å². The molecule has 1 fully saturated rings. The Kier molecular flexibility index (Phi) is 3.38. The maximum atomic E-state index is 5.42. The Morgan fingerprint density at radius 1 is 1.67 bits per heavy atom. The summed E-state index contributed by atoms with van der Waals surface area (Å²) in [4.78, 5) is 0. The highest BCUT2D eigenvalue weighted by Gasteiger charge is 2.13. The zero-order valence-corrected chi connectivity index (χ0v) is 9.49. The predicted molar refractivity (Wildman–Crippen MR) is 58.6 cm³/mol. The standard InChI is InChI=1S/C11H19N3O/c1-9-10(7-14(2)13-9)6-12-11-4-3-5-15-8-11/h7,11-12H,3-6,8H2,1-2H3. The number of aryl methyl sites for hydroxylation is 2. The molecule has 2 heterocycles. The van der Waals surface area contributed by atoms with Gasteiger partial charge in [0.05, 0.1) is 12.3 Å². The van der Waals surface area contributed by atoms with Gasteiger partial charge in [-0.3, -0.25) is 4.68 Å². The van der Waals surface area contributed by atoms with E-state index >= 15 is 0 Å². The molecule has 84 valence electrons. The van der Waals surface area contributed by atoms with Crippen LogP contribution in [0.5, 0.6) is 0 Å². The second-order valence-electron chi connectivity index (χ2n) is 4.21. The van der Waals surface area contributed by atoms with E-state index in [1.54, 1.807) is 0 Å². The summed E-state index contributed by atoms with van der Waals surface area (Å²) in [5.74, 6) is 0. The minimum absolute atomic E-state index is 0.512. The molecule has 1 atom stereocenters. The molecule has 0 aliphatic carbocycles. The largest absolute Gasteiger partial charge is 0.380 e. The highest BCUT2D eigenvalue weighted by Crippen LogP contribution is 2.09. The zero-order valence-electron chi connectivity index (χ0n) is 9.49. The van der Waals surface area contributed by atoms with E-state index in [1.165, 1.54) is 18.4 Å². The maximum Gasteiger partial charge on any atom is 0.0638 e. The summed E-state index contributed by atoms with van der Waals surface area (Å²) in [7, 11) is 1.96. The number of aromatic nitrogens is 2. The van der Waals surface area contributed by atoms with Gasteiger partial charge in [0.2, 0.25) is 0 Å². The molecular weight excluding hydrogens is 190 g/mol. The van der Waals surface area contributed by atoms with E-state index in [0.29, 0.717) is 6.04 Å². The third kappa shape index (κ3) is 2.79. The van der Waals surface area contributed by atoms with Crippen LogP contribution in [-0.2, 0) is 18.3 Å². The molecule has 15 heavy (non-hydrogen) atoms. The van der Waals surface area contributed by atoms with Gasteiger partial charge in [-0.05, 0) is 19.8 Å². The van der Waals surface area contributed by atoms with Crippen molar-refractivity contribution in [3.8, 4) is 0 Å². The van der Waals surface area contributed by atoms with E-state index < -0.39 is 0 Å². The predicted octanol–water partition coefficient (Wildman–Crippen LogP) is 0.997. The highest BCUT2D eigenvalue weighted by molar-refractivity contribution is 5.14. The molecule has 0 bridgehead atoms. The van der Waals surface area contributed by atoms with Crippen molar-refractivity contribution in [3.63, 3.8) is 0 Å². The first kappa shape index (κ1) is 10.6. The normalized spacial score (nSPS) is 21.9. The van der Waals surface area contributed by atoms with Gasteiger partial charge in [-0.25, -0.2) is 0 Å². The lowest BCUT2D eigenvalue weighted by Crippen LogP contribution is -2.36. The van der Waals surface area contributed by atoms with E-state index in [1.807, 2.05) is 18.7 Å².